The molecule has 0 aromatic heterocycles. The van der Waals surface area contributed by atoms with Gasteiger partial charge in [-0.25, -0.2) is 0 Å². The quantitative estimate of drug-likeness (QED) is 0.425. The standard InChI is InChI=1S/C10H8F3N3/c11-10(12,13)9-5-3-8(4-6-9)2-1-7-15-16-14/h1-6H,7H2. The Kier molecular flexibility index (Phi) is 3.96. The lowest BCUT2D eigenvalue weighted by atomic mass is 10.1. The predicted molar refractivity (Wildman–Crippen MR) is 54.5 cm³/mol. The molecule has 0 aliphatic rings. The van der Waals surface area contributed by atoms with Gasteiger partial charge < -0.3 is 0 Å². The van der Waals surface area contributed by atoms with Crippen LogP contribution in [0, 0.1) is 0 Å². The van der Waals surface area contributed by atoms with E-state index in [-0.39, 0.29) is 6.54 Å². The van der Waals surface area contributed by atoms with Crippen LogP contribution >= 0.6 is 0 Å². The van der Waals surface area contributed by atoms with Gasteiger partial charge in [0.2, 0.25) is 0 Å². The second-order valence-corrected chi connectivity index (χ2v) is 2.94. The molecule has 84 valence electrons. The lowest BCUT2D eigenvalue weighted by Crippen LogP contribution is -2.03. The van der Waals surface area contributed by atoms with Crippen molar-refractivity contribution in [1.29, 1.82) is 0 Å². The van der Waals surface area contributed by atoms with Gasteiger partial charge in [-0.2, -0.15) is 13.2 Å². The largest absolute Gasteiger partial charge is 0.416 e. The van der Waals surface area contributed by atoms with Gasteiger partial charge in [-0.05, 0) is 23.2 Å². The summed E-state index contributed by atoms with van der Waals surface area (Å²) in [6, 6.07) is 4.73. The summed E-state index contributed by atoms with van der Waals surface area (Å²) in [5.74, 6) is 0. The highest BCUT2D eigenvalue weighted by atomic mass is 19.4. The van der Waals surface area contributed by atoms with Gasteiger partial charge in [0, 0.05) is 11.5 Å². The van der Waals surface area contributed by atoms with E-state index in [9.17, 15) is 13.2 Å². The summed E-state index contributed by atoms with van der Waals surface area (Å²) in [6.07, 6.45) is -1.15. The monoisotopic (exact) mass is 227 g/mol. The summed E-state index contributed by atoms with van der Waals surface area (Å²) in [5.41, 5.74) is 7.93. The molecular weight excluding hydrogens is 219 g/mol. The number of hydrogen-bond donors (Lipinski definition) is 0. The zero-order valence-electron chi connectivity index (χ0n) is 8.15. The Labute approximate surface area is 89.8 Å². The lowest BCUT2D eigenvalue weighted by Gasteiger charge is -2.05. The first-order valence-electron chi connectivity index (χ1n) is 4.38. The fraction of sp³-hybridized carbons (Fsp3) is 0.200. The number of halogens is 3. The van der Waals surface area contributed by atoms with Crippen molar-refractivity contribution in [2.75, 3.05) is 6.54 Å². The highest BCUT2D eigenvalue weighted by Crippen LogP contribution is 2.29. The van der Waals surface area contributed by atoms with Crippen molar-refractivity contribution in [2.24, 2.45) is 5.11 Å². The highest BCUT2D eigenvalue weighted by molar-refractivity contribution is 5.50. The Morgan fingerprint density at radius 1 is 1.25 bits per heavy atom. The minimum atomic E-state index is -4.31. The summed E-state index contributed by atoms with van der Waals surface area (Å²) < 4.78 is 36.6. The SMILES string of the molecule is [N-]=[N+]=NCC=Cc1ccc(C(F)(F)F)cc1. The van der Waals surface area contributed by atoms with Gasteiger partial charge in [0.25, 0.3) is 0 Å². The molecule has 0 atom stereocenters. The first kappa shape index (κ1) is 12.1. The van der Waals surface area contributed by atoms with Crippen molar-refractivity contribution in [3.8, 4) is 0 Å². The summed E-state index contributed by atoms with van der Waals surface area (Å²) >= 11 is 0. The van der Waals surface area contributed by atoms with E-state index in [0.29, 0.717) is 5.56 Å². The van der Waals surface area contributed by atoms with Crippen LogP contribution < -0.4 is 0 Å². The number of benzene rings is 1. The third kappa shape index (κ3) is 3.67. The van der Waals surface area contributed by atoms with Gasteiger partial charge in [0.05, 0.1) is 5.56 Å². The predicted octanol–water partition coefficient (Wildman–Crippen LogP) is 4.03. The third-order valence-corrected chi connectivity index (χ3v) is 1.80. The number of azide groups is 1. The van der Waals surface area contributed by atoms with E-state index >= 15 is 0 Å². The molecule has 0 aliphatic carbocycles. The summed E-state index contributed by atoms with van der Waals surface area (Å²) in [4.78, 5) is 2.54. The van der Waals surface area contributed by atoms with E-state index in [0.717, 1.165) is 12.1 Å². The second-order valence-electron chi connectivity index (χ2n) is 2.94. The number of rotatable bonds is 3. The van der Waals surface area contributed by atoms with Crippen molar-refractivity contribution in [3.63, 3.8) is 0 Å². The highest BCUT2D eigenvalue weighted by Gasteiger charge is 2.29. The van der Waals surface area contributed by atoms with Crippen molar-refractivity contribution in [3.05, 3.63) is 51.9 Å². The molecule has 0 spiro atoms. The van der Waals surface area contributed by atoms with Crippen LogP contribution in [0.2, 0.25) is 0 Å². The average Bonchev–Trinajstić information content (AvgIpc) is 2.24. The van der Waals surface area contributed by atoms with Crippen molar-refractivity contribution in [1.82, 2.24) is 0 Å². The summed E-state index contributed by atoms with van der Waals surface area (Å²) in [5, 5.41) is 3.26. The van der Waals surface area contributed by atoms with Crippen LogP contribution in [0.1, 0.15) is 11.1 Å². The molecule has 0 saturated carbocycles. The topological polar surface area (TPSA) is 48.8 Å². The maximum atomic E-state index is 12.2. The molecule has 1 aromatic carbocycles. The van der Waals surface area contributed by atoms with Gasteiger partial charge in [-0.15, -0.1) is 0 Å². The molecule has 0 fully saturated rings. The molecule has 0 radical (unpaired) electrons. The maximum Gasteiger partial charge on any atom is 0.416 e. The molecule has 0 bridgehead atoms. The zero-order valence-corrected chi connectivity index (χ0v) is 8.15. The molecule has 0 aliphatic heterocycles. The second kappa shape index (κ2) is 5.23. The molecule has 16 heavy (non-hydrogen) atoms. The van der Waals surface area contributed by atoms with Crippen LogP contribution in [0.4, 0.5) is 13.2 Å². The van der Waals surface area contributed by atoms with Gasteiger partial charge in [-0.1, -0.05) is 29.4 Å². The molecule has 1 rings (SSSR count). The van der Waals surface area contributed by atoms with Gasteiger partial charge in [0.1, 0.15) is 0 Å². The molecule has 3 nitrogen and oxygen atoms in total. The van der Waals surface area contributed by atoms with E-state index in [2.05, 4.69) is 10.0 Å². The van der Waals surface area contributed by atoms with Crippen molar-refractivity contribution in [2.45, 2.75) is 6.18 Å². The summed E-state index contributed by atoms with van der Waals surface area (Å²) in [7, 11) is 0. The van der Waals surface area contributed by atoms with Crippen LogP contribution in [-0.4, -0.2) is 6.54 Å². The van der Waals surface area contributed by atoms with Gasteiger partial charge in [0.15, 0.2) is 0 Å². The van der Waals surface area contributed by atoms with Crippen LogP contribution in [0.15, 0.2) is 35.5 Å². The molecule has 0 unspecified atom stereocenters. The van der Waals surface area contributed by atoms with E-state index < -0.39 is 11.7 Å². The third-order valence-electron chi connectivity index (χ3n) is 1.80. The summed E-state index contributed by atoms with van der Waals surface area (Å²) in [6.45, 7) is 0.178. The smallest absolute Gasteiger partial charge is 0.166 e. The molecule has 1 aromatic rings. The Morgan fingerprint density at radius 3 is 2.38 bits per heavy atom. The molecule has 0 heterocycles. The van der Waals surface area contributed by atoms with E-state index in [1.807, 2.05) is 0 Å². The molecule has 0 amide bonds. The molecular formula is C10H8F3N3. The minimum absolute atomic E-state index is 0.178. The number of hydrogen-bond acceptors (Lipinski definition) is 1. The van der Waals surface area contributed by atoms with Crippen LogP contribution in [-0.2, 0) is 6.18 Å². The van der Waals surface area contributed by atoms with Crippen LogP contribution in [0.5, 0.6) is 0 Å². The Hall–Kier alpha value is -1.94. The number of nitrogens with zero attached hydrogens (tertiary/aromatic N) is 3. The minimum Gasteiger partial charge on any atom is -0.166 e. The van der Waals surface area contributed by atoms with Crippen molar-refractivity contribution >= 4 is 6.08 Å². The number of alkyl halides is 3. The Bertz CT molecular complexity index is 414. The van der Waals surface area contributed by atoms with Crippen molar-refractivity contribution < 1.29 is 13.2 Å². The molecule has 0 saturated heterocycles. The van der Waals surface area contributed by atoms with Gasteiger partial charge >= 0.3 is 6.18 Å². The zero-order chi connectivity index (χ0) is 12.0. The Morgan fingerprint density at radius 2 is 1.88 bits per heavy atom. The fourth-order valence-electron chi connectivity index (χ4n) is 1.06. The normalized spacial score (nSPS) is 11.4. The van der Waals surface area contributed by atoms with Crippen LogP contribution in [0.3, 0.4) is 0 Å². The first-order valence-corrected chi connectivity index (χ1v) is 4.38. The molecule has 0 N–H and O–H groups in total. The first-order chi connectivity index (χ1) is 7.54. The molecule has 6 heteroatoms. The fourth-order valence-corrected chi connectivity index (χ4v) is 1.06. The maximum absolute atomic E-state index is 12.2. The Balaban J connectivity index is 2.72. The van der Waals surface area contributed by atoms with E-state index in [1.54, 1.807) is 12.2 Å². The average molecular weight is 227 g/mol. The van der Waals surface area contributed by atoms with Gasteiger partial charge in [-0.3, -0.25) is 0 Å². The van der Waals surface area contributed by atoms with Crippen LogP contribution in [0.25, 0.3) is 16.5 Å². The van der Waals surface area contributed by atoms with E-state index in [4.69, 9.17) is 5.53 Å². The van der Waals surface area contributed by atoms with E-state index in [1.165, 1.54) is 12.1 Å². The lowest BCUT2D eigenvalue weighted by molar-refractivity contribution is -0.137.